The maximum Gasteiger partial charge on any atom is 0.174 e. The van der Waals surface area contributed by atoms with E-state index >= 15 is 0 Å². The van der Waals surface area contributed by atoms with Crippen LogP contribution in [0.25, 0.3) is 20.9 Å². The van der Waals surface area contributed by atoms with Gasteiger partial charge in [0.05, 0.1) is 46.9 Å². The number of aromatic amines is 4. The first-order chi connectivity index (χ1) is 43.2. The van der Waals surface area contributed by atoms with Gasteiger partial charge in [0.2, 0.25) is 0 Å². The first-order valence-electron chi connectivity index (χ1n) is 30.8. The highest BCUT2D eigenvalue weighted by atomic mass is 16.3. The van der Waals surface area contributed by atoms with E-state index in [4.69, 9.17) is 21.9 Å². The molecule has 28 heteroatoms. The molecule has 0 spiro atoms. The van der Waals surface area contributed by atoms with Crippen molar-refractivity contribution in [1.82, 2.24) is 81.6 Å². The topological polar surface area (TPSA) is 375 Å². The lowest BCUT2D eigenvalue weighted by Crippen LogP contribution is -2.29. The van der Waals surface area contributed by atoms with Gasteiger partial charge in [-0.25, -0.2) is 0 Å². The first kappa shape index (κ1) is 63.4. The van der Waals surface area contributed by atoms with Gasteiger partial charge in [-0.1, -0.05) is 34.5 Å². The van der Waals surface area contributed by atoms with Crippen LogP contribution < -0.4 is 25.3 Å². The van der Waals surface area contributed by atoms with Gasteiger partial charge in [-0.15, -0.1) is 20.4 Å². The number of hydrogen-bond acceptors (Lipinski definition) is 20. The fourth-order valence-electron chi connectivity index (χ4n) is 12.5. The quantitative estimate of drug-likeness (QED) is 0.0159. The minimum absolute atomic E-state index is 0.170. The van der Waals surface area contributed by atoms with Gasteiger partial charge in [-0.05, 0) is 193 Å². The fourth-order valence-corrected chi connectivity index (χ4v) is 12.5. The number of aromatic nitrogens is 16. The second-order valence-corrected chi connectivity index (χ2v) is 22.5. The van der Waals surface area contributed by atoms with Crippen molar-refractivity contribution in [2.75, 3.05) is 74.0 Å². The molecular formula is C60H83N27O. The molecule has 0 aliphatic heterocycles. The molecule has 0 radical (unpaired) electrons. The molecule has 4 atom stereocenters. The molecular weight excluding hydrogens is 1110 g/mol. The van der Waals surface area contributed by atoms with Crippen LogP contribution in [-0.2, 0) is 51.4 Å². The maximum atomic E-state index is 8.99. The van der Waals surface area contributed by atoms with E-state index in [1.807, 2.05) is 63.1 Å². The molecule has 12 rings (SSSR count). The van der Waals surface area contributed by atoms with Crippen molar-refractivity contribution in [2.24, 2.45) is 16.0 Å². The molecule has 0 saturated carbocycles. The summed E-state index contributed by atoms with van der Waals surface area (Å²) in [7, 11) is 8.22. The molecule has 0 bridgehead atoms. The molecule has 0 aromatic carbocycles. The number of nitrogens with two attached hydrogens (primary N) is 1. The summed E-state index contributed by atoms with van der Waals surface area (Å²) >= 11 is 0. The minimum Gasteiger partial charge on any atom is -0.396 e. The predicted molar refractivity (Wildman–Crippen MR) is 336 cm³/mol. The van der Waals surface area contributed by atoms with Crippen molar-refractivity contribution < 1.29 is 5.11 Å². The highest BCUT2D eigenvalue weighted by molar-refractivity contribution is 5.49. The summed E-state index contributed by atoms with van der Waals surface area (Å²) in [5.41, 5.74) is 35.9. The minimum atomic E-state index is 0.170. The number of aliphatic hydroxyl groups is 1. The molecule has 464 valence electrons. The largest absolute Gasteiger partial charge is 0.396 e. The number of nitrogens with one attached hydrogen (secondary N) is 4. The van der Waals surface area contributed by atoms with E-state index in [0.29, 0.717) is 26.1 Å². The van der Waals surface area contributed by atoms with Crippen LogP contribution in [0, 0.1) is 0 Å². The number of hydrogen-bond donors (Lipinski definition) is 6. The van der Waals surface area contributed by atoms with E-state index in [2.05, 4.69) is 160 Å². The molecule has 4 aliphatic carbocycles. The number of aryl methyl sites for hydroxylation is 8. The second kappa shape index (κ2) is 32.6. The Balaban J connectivity index is 0.000000140. The van der Waals surface area contributed by atoms with Crippen molar-refractivity contribution in [3.63, 3.8) is 0 Å². The number of H-pyrrole nitrogens is 4. The SMILES string of the molecule is CN(c1n[nH]nc1CCCN)C1CCCc2cccnc21.CN(c1n[nH]nc1CCCN=[N+]=[N-])C1CCCc2cccnc21.CN(c1n[nH]nc1CCCN=[N+]=[N-])C1CCCc2cccnc21.CN(c1n[nH]nc1CCCO)C1CCCc2cccnc21. The Bertz CT molecular complexity index is 3280. The number of anilines is 4. The molecule has 88 heavy (non-hydrogen) atoms. The third-order valence-electron chi connectivity index (χ3n) is 16.9. The maximum absolute atomic E-state index is 8.99. The smallest absolute Gasteiger partial charge is 0.174 e. The van der Waals surface area contributed by atoms with Crippen molar-refractivity contribution in [3.05, 3.63) is 162 Å². The molecule has 4 unspecified atom stereocenters. The molecule has 4 aliphatic rings. The summed E-state index contributed by atoms with van der Waals surface area (Å²) in [5, 5.41) is 61.3. The predicted octanol–water partition coefficient (Wildman–Crippen LogP) is 9.16. The number of azide groups is 2. The summed E-state index contributed by atoms with van der Waals surface area (Å²) in [6, 6.07) is 17.6. The Labute approximate surface area is 512 Å². The summed E-state index contributed by atoms with van der Waals surface area (Å²) < 4.78 is 0. The second-order valence-electron chi connectivity index (χ2n) is 22.5. The van der Waals surface area contributed by atoms with Gasteiger partial charge in [0.25, 0.3) is 0 Å². The van der Waals surface area contributed by atoms with E-state index in [0.717, 1.165) is 179 Å². The molecule has 0 amide bonds. The number of fused-ring (bicyclic) bond motifs is 4. The summed E-state index contributed by atoms with van der Waals surface area (Å²) in [5.74, 6) is 3.50. The van der Waals surface area contributed by atoms with E-state index in [9.17, 15) is 0 Å². The fraction of sp³-hybridized carbons (Fsp3) is 0.533. The Kier molecular flexibility index (Phi) is 23.5. The lowest BCUT2D eigenvalue weighted by molar-refractivity contribution is 0.288. The van der Waals surface area contributed by atoms with Crippen LogP contribution in [0.5, 0.6) is 0 Å². The Morgan fingerprint density at radius 2 is 0.739 bits per heavy atom. The lowest BCUT2D eigenvalue weighted by atomic mass is 9.91. The van der Waals surface area contributed by atoms with Gasteiger partial charge in [0.1, 0.15) is 22.8 Å². The normalized spacial score (nSPS) is 17.0. The molecule has 28 nitrogen and oxygen atoms in total. The standard InChI is InChI=1S/2C15H20N8.C15H22N6.C15H21N5O/c2*1-23(13-8-2-5-11-6-3-9-17-14(11)13)15-12(19-22-20-15)7-4-10-18-21-16;1-21(15-12(7-3-9-16)18-20-19-15)13-8-2-5-11-6-4-10-17-14(11)13;1-20(15-12(7-4-10-21)17-19-18-15)13-8-2-5-11-6-3-9-16-14(11)13/h2*3,6,9,13H,2,4-5,7-8,10H2,1H3,(H,19,20,22);4,6,10,13H,2-3,5,7-9,16H2,1H3,(H,18,19,20);3,6,9,13,21H,2,4-5,7-8,10H2,1H3,(H,17,18,19). The van der Waals surface area contributed by atoms with Crippen LogP contribution in [-0.4, -0.2) is 141 Å². The molecule has 0 fully saturated rings. The van der Waals surface area contributed by atoms with E-state index < -0.39 is 0 Å². The third kappa shape index (κ3) is 15.9. The average Bonchev–Trinajstić information content (AvgIpc) is 2.24. The van der Waals surface area contributed by atoms with Crippen LogP contribution in [0.4, 0.5) is 23.3 Å². The zero-order valence-corrected chi connectivity index (χ0v) is 51.1. The number of nitrogens with zero attached hydrogens (tertiary/aromatic N) is 22. The molecule has 0 saturated heterocycles. The molecule has 8 aromatic heterocycles. The summed E-state index contributed by atoms with van der Waals surface area (Å²) in [6.07, 6.45) is 27.0. The highest BCUT2D eigenvalue weighted by Crippen LogP contribution is 2.39. The number of pyridine rings is 4. The summed E-state index contributed by atoms with van der Waals surface area (Å²) in [6.45, 7) is 1.79. The highest BCUT2D eigenvalue weighted by Gasteiger charge is 2.32. The third-order valence-corrected chi connectivity index (χ3v) is 16.9. The van der Waals surface area contributed by atoms with Gasteiger partial charge in [-0.2, -0.15) is 41.2 Å². The number of aliphatic hydroxyl groups excluding tert-OH is 1. The average molecular weight is 1200 g/mol. The Hall–Kier alpha value is -9.10. The van der Waals surface area contributed by atoms with E-state index in [1.54, 1.807) is 0 Å². The zero-order chi connectivity index (χ0) is 61.5. The molecule has 8 heterocycles. The van der Waals surface area contributed by atoms with E-state index in [1.165, 1.54) is 34.4 Å². The van der Waals surface area contributed by atoms with Crippen molar-refractivity contribution >= 4 is 23.3 Å². The van der Waals surface area contributed by atoms with Gasteiger partial charge in [0.15, 0.2) is 23.3 Å². The Morgan fingerprint density at radius 1 is 0.455 bits per heavy atom. The van der Waals surface area contributed by atoms with Gasteiger partial charge in [-0.3, -0.25) is 19.9 Å². The van der Waals surface area contributed by atoms with Gasteiger partial charge in [0, 0.05) is 82.5 Å². The zero-order valence-electron chi connectivity index (χ0n) is 51.1. The first-order valence-corrected chi connectivity index (χ1v) is 30.8. The van der Waals surface area contributed by atoms with Crippen LogP contribution in [0.1, 0.15) is 169 Å². The Morgan fingerprint density at radius 3 is 1.01 bits per heavy atom. The number of rotatable bonds is 22. The van der Waals surface area contributed by atoms with E-state index in [-0.39, 0.29) is 30.8 Å². The van der Waals surface area contributed by atoms with Crippen molar-refractivity contribution in [3.8, 4) is 0 Å². The van der Waals surface area contributed by atoms with Crippen LogP contribution in [0.3, 0.4) is 0 Å². The monoisotopic (exact) mass is 1200 g/mol. The van der Waals surface area contributed by atoms with Crippen molar-refractivity contribution in [1.29, 1.82) is 0 Å². The molecule has 8 aromatic rings. The van der Waals surface area contributed by atoms with Crippen LogP contribution >= 0.6 is 0 Å². The van der Waals surface area contributed by atoms with Crippen LogP contribution in [0.15, 0.2) is 83.5 Å². The summed E-state index contributed by atoms with van der Waals surface area (Å²) in [4.78, 5) is 32.6. The van der Waals surface area contributed by atoms with Gasteiger partial charge < -0.3 is 30.4 Å². The lowest BCUT2D eigenvalue weighted by Gasteiger charge is -2.32. The molecule has 7 N–H and O–H groups in total. The van der Waals surface area contributed by atoms with Crippen molar-refractivity contribution in [2.45, 2.75) is 153 Å². The van der Waals surface area contributed by atoms with Gasteiger partial charge >= 0.3 is 0 Å². The van der Waals surface area contributed by atoms with Crippen LogP contribution in [0.2, 0.25) is 0 Å².